The van der Waals surface area contributed by atoms with Crippen LogP contribution in [-0.2, 0) is 6.61 Å². The minimum atomic E-state index is -0.533. The molecular weight excluding hydrogens is 540 g/mol. The Morgan fingerprint density at radius 3 is 2.54 bits per heavy atom. The fourth-order valence-electron chi connectivity index (χ4n) is 4.61. The molecule has 8 heteroatoms. The van der Waals surface area contributed by atoms with Crippen molar-refractivity contribution in [1.82, 2.24) is 0 Å². The van der Waals surface area contributed by atoms with Crippen molar-refractivity contribution in [2.75, 3.05) is 6.61 Å². The van der Waals surface area contributed by atoms with E-state index in [4.69, 9.17) is 36.3 Å². The Hall–Kier alpha value is -4.93. The van der Waals surface area contributed by atoms with Crippen LogP contribution in [0.3, 0.4) is 0 Å². The minimum absolute atomic E-state index is 0.0202. The zero-order valence-electron chi connectivity index (χ0n) is 22.5. The molecule has 0 spiro atoms. The van der Waals surface area contributed by atoms with Crippen LogP contribution in [-0.4, -0.2) is 12.6 Å². The number of allylic oxidation sites excluding steroid dienone is 1. The van der Waals surface area contributed by atoms with Gasteiger partial charge in [0.2, 0.25) is 5.88 Å². The molecule has 1 atom stereocenters. The van der Waals surface area contributed by atoms with Gasteiger partial charge in [-0.1, -0.05) is 53.6 Å². The van der Waals surface area contributed by atoms with Crippen molar-refractivity contribution in [2.45, 2.75) is 26.4 Å². The maximum absolute atomic E-state index is 12.7. The largest absolute Gasteiger partial charge is 0.490 e. The molecule has 0 radical (unpaired) electrons. The van der Waals surface area contributed by atoms with Crippen LogP contribution in [0.2, 0.25) is 5.02 Å². The number of rotatable bonds is 8. The van der Waals surface area contributed by atoms with E-state index >= 15 is 0 Å². The van der Waals surface area contributed by atoms with E-state index in [2.05, 4.69) is 6.07 Å². The number of esters is 1. The second-order valence-electron chi connectivity index (χ2n) is 9.44. The molecule has 0 aromatic heterocycles. The van der Waals surface area contributed by atoms with Gasteiger partial charge in [-0.3, -0.25) is 0 Å². The Balaban J connectivity index is 1.44. The van der Waals surface area contributed by atoms with Crippen molar-refractivity contribution in [3.63, 3.8) is 0 Å². The van der Waals surface area contributed by atoms with Crippen molar-refractivity contribution >= 4 is 17.6 Å². The molecule has 41 heavy (non-hydrogen) atoms. The molecule has 1 aliphatic rings. The second kappa shape index (κ2) is 12.1. The molecule has 2 N–H and O–H groups in total. The molecule has 0 saturated carbocycles. The lowest BCUT2D eigenvalue weighted by molar-refractivity contribution is 0.0734. The average Bonchev–Trinajstić information content (AvgIpc) is 2.96. The van der Waals surface area contributed by atoms with Crippen LogP contribution in [0.4, 0.5) is 0 Å². The number of aryl methyl sites for hydroxylation is 1. The lowest BCUT2D eigenvalue weighted by atomic mass is 9.83. The summed E-state index contributed by atoms with van der Waals surface area (Å²) in [5.41, 5.74) is 10.3. The molecule has 5 rings (SSSR count). The highest BCUT2D eigenvalue weighted by Gasteiger charge is 2.32. The van der Waals surface area contributed by atoms with E-state index in [1.807, 2.05) is 62.4 Å². The Morgan fingerprint density at radius 2 is 1.80 bits per heavy atom. The van der Waals surface area contributed by atoms with Gasteiger partial charge >= 0.3 is 5.97 Å². The van der Waals surface area contributed by atoms with Crippen molar-refractivity contribution < 1.29 is 23.7 Å². The highest BCUT2D eigenvalue weighted by molar-refractivity contribution is 6.30. The van der Waals surface area contributed by atoms with E-state index in [1.54, 1.807) is 36.4 Å². The number of carbonyl (C=O) groups is 1. The van der Waals surface area contributed by atoms with E-state index in [0.717, 1.165) is 16.7 Å². The van der Waals surface area contributed by atoms with Crippen LogP contribution in [0.15, 0.2) is 96.4 Å². The smallest absolute Gasteiger partial charge is 0.343 e. The first-order valence-electron chi connectivity index (χ1n) is 13.0. The van der Waals surface area contributed by atoms with Crippen molar-refractivity contribution in [1.29, 1.82) is 5.26 Å². The van der Waals surface area contributed by atoms with Gasteiger partial charge in [-0.15, -0.1) is 0 Å². The minimum Gasteiger partial charge on any atom is -0.490 e. The Kier molecular flexibility index (Phi) is 8.14. The summed E-state index contributed by atoms with van der Waals surface area (Å²) in [5.74, 6) is 0.740. The summed E-state index contributed by atoms with van der Waals surface area (Å²) in [6, 6.07) is 27.3. The molecule has 1 unspecified atom stereocenters. The van der Waals surface area contributed by atoms with Crippen molar-refractivity contribution in [2.24, 2.45) is 5.73 Å². The molecule has 0 saturated heterocycles. The van der Waals surface area contributed by atoms with Crippen LogP contribution in [0, 0.1) is 18.3 Å². The number of halogens is 1. The molecule has 1 heterocycles. The summed E-state index contributed by atoms with van der Waals surface area (Å²) in [6.45, 7) is 4.54. The number of ether oxygens (including phenoxy) is 4. The van der Waals surface area contributed by atoms with E-state index in [1.165, 1.54) is 0 Å². The third-order valence-electron chi connectivity index (χ3n) is 6.56. The van der Waals surface area contributed by atoms with Gasteiger partial charge in [0.25, 0.3) is 0 Å². The van der Waals surface area contributed by atoms with Crippen LogP contribution < -0.4 is 24.7 Å². The lowest BCUT2D eigenvalue weighted by Crippen LogP contribution is -2.21. The number of carbonyl (C=O) groups excluding carboxylic acids is 1. The van der Waals surface area contributed by atoms with Crippen LogP contribution in [0.1, 0.15) is 45.5 Å². The predicted molar refractivity (Wildman–Crippen MR) is 155 cm³/mol. The van der Waals surface area contributed by atoms with Gasteiger partial charge in [0, 0.05) is 16.7 Å². The van der Waals surface area contributed by atoms with E-state index in [9.17, 15) is 10.1 Å². The van der Waals surface area contributed by atoms with Gasteiger partial charge < -0.3 is 24.7 Å². The van der Waals surface area contributed by atoms with Crippen molar-refractivity contribution in [3.8, 4) is 29.1 Å². The molecule has 206 valence electrons. The number of nitrogens with zero attached hydrogens (tertiary/aromatic N) is 1. The molecule has 0 amide bonds. The molecule has 4 aromatic rings. The van der Waals surface area contributed by atoms with E-state index in [-0.39, 0.29) is 11.5 Å². The summed E-state index contributed by atoms with van der Waals surface area (Å²) in [4.78, 5) is 12.7. The highest BCUT2D eigenvalue weighted by Crippen LogP contribution is 2.45. The quantitative estimate of drug-likeness (QED) is 0.180. The molecule has 7 nitrogen and oxygen atoms in total. The summed E-state index contributed by atoms with van der Waals surface area (Å²) in [5, 5.41) is 10.6. The monoisotopic (exact) mass is 566 g/mol. The summed E-state index contributed by atoms with van der Waals surface area (Å²) in [7, 11) is 0. The number of nitriles is 1. The number of nitrogens with two attached hydrogens (primary N) is 1. The van der Waals surface area contributed by atoms with E-state index < -0.39 is 11.9 Å². The van der Waals surface area contributed by atoms with Gasteiger partial charge in [-0.05, 0) is 67.4 Å². The van der Waals surface area contributed by atoms with Crippen LogP contribution >= 0.6 is 11.6 Å². The van der Waals surface area contributed by atoms with Gasteiger partial charge in [0.15, 0.2) is 11.5 Å². The standard InChI is InChI=1S/C33H27ClN2O5/c1-3-38-30-16-22(9-14-28(30)39-19-21-7-10-24(34)11-8-21)31-26-13-12-25(17-29(26)41-32(36)27(31)18-35)40-33(37)23-6-4-5-20(2)15-23/h4-17,31H,3,19,36H2,1-2H3. The molecule has 0 aliphatic carbocycles. The normalized spacial score (nSPS) is 14.0. The zero-order chi connectivity index (χ0) is 28.9. The molecular formula is C33H27ClN2O5. The highest BCUT2D eigenvalue weighted by atomic mass is 35.5. The fraction of sp³-hybridized carbons (Fsp3) is 0.152. The van der Waals surface area contributed by atoms with Gasteiger partial charge in [-0.2, -0.15) is 5.26 Å². The summed E-state index contributed by atoms with van der Waals surface area (Å²) < 4.78 is 23.4. The van der Waals surface area contributed by atoms with E-state index in [0.29, 0.717) is 52.4 Å². The first-order valence-corrected chi connectivity index (χ1v) is 13.4. The first kappa shape index (κ1) is 27.6. The number of fused-ring (bicyclic) bond motifs is 1. The molecule has 0 bridgehead atoms. The SMILES string of the molecule is CCOc1cc(C2C(C#N)=C(N)Oc3cc(OC(=O)c4cccc(C)c4)ccc32)ccc1OCc1ccc(Cl)cc1. The van der Waals surface area contributed by atoms with Crippen LogP contribution in [0.25, 0.3) is 0 Å². The third kappa shape index (κ3) is 6.13. The average molecular weight is 567 g/mol. The first-order chi connectivity index (χ1) is 19.9. The molecule has 4 aromatic carbocycles. The zero-order valence-corrected chi connectivity index (χ0v) is 23.3. The molecule has 0 fully saturated rings. The number of hydrogen-bond acceptors (Lipinski definition) is 7. The summed E-state index contributed by atoms with van der Waals surface area (Å²) >= 11 is 5.99. The van der Waals surface area contributed by atoms with Gasteiger partial charge in [0.05, 0.1) is 18.1 Å². The second-order valence-corrected chi connectivity index (χ2v) is 9.87. The summed E-state index contributed by atoms with van der Waals surface area (Å²) in [6.07, 6.45) is 0. The van der Waals surface area contributed by atoms with Crippen LogP contribution in [0.5, 0.6) is 23.0 Å². The topological polar surface area (TPSA) is 104 Å². The maximum Gasteiger partial charge on any atom is 0.343 e. The Bertz CT molecular complexity index is 1670. The van der Waals surface area contributed by atoms with Gasteiger partial charge in [-0.25, -0.2) is 4.79 Å². The van der Waals surface area contributed by atoms with Crippen molar-refractivity contribution in [3.05, 3.63) is 129 Å². The Morgan fingerprint density at radius 1 is 1.00 bits per heavy atom. The maximum atomic E-state index is 12.7. The number of hydrogen-bond donors (Lipinski definition) is 1. The predicted octanol–water partition coefficient (Wildman–Crippen LogP) is 7.06. The lowest BCUT2D eigenvalue weighted by Gasteiger charge is -2.27. The molecule has 1 aliphatic heterocycles. The van der Waals surface area contributed by atoms with Gasteiger partial charge in [0.1, 0.15) is 29.7 Å². The third-order valence-corrected chi connectivity index (χ3v) is 6.82. The fourth-order valence-corrected chi connectivity index (χ4v) is 4.74. The Labute approximate surface area is 243 Å². The number of benzene rings is 4.